The molecule has 0 radical (unpaired) electrons. The van der Waals surface area contributed by atoms with Crippen LogP contribution in [0.2, 0.25) is 0 Å². The fourth-order valence-electron chi connectivity index (χ4n) is 3.21. The van der Waals surface area contributed by atoms with Gasteiger partial charge in [0.1, 0.15) is 0 Å². The molecule has 0 aliphatic heterocycles. The molecular formula is C20H23NO. The molecule has 114 valence electrons. The Labute approximate surface area is 132 Å². The summed E-state index contributed by atoms with van der Waals surface area (Å²) in [4.78, 5) is 12.6. The number of hydrogen-bond donors (Lipinski definition) is 1. The zero-order valence-corrected chi connectivity index (χ0v) is 13.1. The first-order valence-corrected chi connectivity index (χ1v) is 8.16. The maximum Gasteiger partial charge on any atom is 0.223 e. The van der Waals surface area contributed by atoms with E-state index in [1.165, 1.54) is 18.4 Å². The molecule has 3 rings (SSSR count). The van der Waals surface area contributed by atoms with Gasteiger partial charge in [-0.2, -0.15) is 0 Å². The maximum absolute atomic E-state index is 12.6. The van der Waals surface area contributed by atoms with Gasteiger partial charge in [0.2, 0.25) is 5.91 Å². The van der Waals surface area contributed by atoms with Crippen LogP contribution in [-0.2, 0) is 4.79 Å². The molecule has 1 fully saturated rings. The molecule has 2 aromatic rings. The molecule has 22 heavy (non-hydrogen) atoms. The molecule has 1 saturated carbocycles. The van der Waals surface area contributed by atoms with E-state index in [1.807, 2.05) is 18.2 Å². The van der Waals surface area contributed by atoms with Crippen LogP contribution in [0, 0.1) is 12.8 Å². The van der Waals surface area contributed by atoms with Gasteiger partial charge >= 0.3 is 0 Å². The van der Waals surface area contributed by atoms with E-state index in [9.17, 15) is 4.79 Å². The molecule has 2 nitrogen and oxygen atoms in total. The molecule has 0 saturated heterocycles. The highest BCUT2D eigenvalue weighted by molar-refractivity contribution is 5.79. The summed E-state index contributed by atoms with van der Waals surface area (Å²) in [6.45, 7) is 2.08. The molecule has 0 heterocycles. The van der Waals surface area contributed by atoms with Crippen LogP contribution in [0.3, 0.4) is 0 Å². The van der Waals surface area contributed by atoms with Gasteiger partial charge in [-0.15, -0.1) is 0 Å². The average Bonchev–Trinajstić information content (AvgIpc) is 3.09. The number of carbonyl (C=O) groups excluding carboxylic acids is 1. The Morgan fingerprint density at radius 1 is 0.955 bits per heavy atom. The largest absolute Gasteiger partial charge is 0.345 e. The van der Waals surface area contributed by atoms with E-state index in [2.05, 4.69) is 48.6 Å². The smallest absolute Gasteiger partial charge is 0.223 e. The zero-order valence-electron chi connectivity index (χ0n) is 13.1. The van der Waals surface area contributed by atoms with Crippen LogP contribution in [0.25, 0.3) is 0 Å². The van der Waals surface area contributed by atoms with Crippen molar-refractivity contribution in [2.24, 2.45) is 5.92 Å². The highest BCUT2D eigenvalue weighted by Gasteiger charge is 2.25. The summed E-state index contributed by atoms with van der Waals surface area (Å²) in [6, 6.07) is 18.6. The van der Waals surface area contributed by atoms with Gasteiger partial charge in [0.05, 0.1) is 6.04 Å². The van der Waals surface area contributed by atoms with Crippen molar-refractivity contribution in [1.82, 2.24) is 5.32 Å². The van der Waals surface area contributed by atoms with E-state index in [1.54, 1.807) is 0 Å². The average molecular weight is 293 g/mol. The lowest BCUT2D eigenvalue weighted by Gasteiger charge is -2.22. The first-order valence-electron chi connectivity index (χ1n) is 8.16. The van der Waals surface area contributed by atoms with Crippen LogP contribution in [0.4, 0.5) is 0 Å². The molecule has 0 aromatic heterocycles. The van der Waals surface area contributed by atoms with Crippen molar-refractivity contribution in [2.45, 2.75) is 38.6 Å². The molecule has 2 heteroatoms. The van der Waals surface area contributed by atoms with Gasteiger partial charge in [0, 0.05) is 5.92 Å². The zero-order chi connectivity index (χ0) is 15.4. The summed E-state index contributed by atoms with van der Waals surface area (Å²) in [6.07, 6.45) is 4.42. The second-order valence-corrected chi connectivity index (χ2v) is 6.24. The first-order chi connectivity index (χ1) is 10.7. The van der Waals surface area contributed by atoms with E-state index in [0.29, 0.717) is 0 Å². The minimum atomic E-state index is -0.0603. The quantitative estimate of drug-likeness (QED) is 0.890. The van der Waals surface area contributed by atoms with Gasteiger partial charge in [-0.3, -0.25) is 4.79 Å². The van der Waals surface area contributed by atoms with E-state index in [-0.39, 0.29) is 17.9 Å². The van der Waals surface area contributed by atoms with Gasteiger partial charge < -0.3 is 5.32 Å². The molecule has 0 unspecified atom stereocenters. The number of carbonyl (C=O) groups is 1. The highest BCUT2D eigenvalue weighted by Crippen LogP contribution is 2.28. The second kappa shape index (κ2) is 6.78. The monoisotopic (exact) mass is 293 g/mol. The minimum Gasteiger partial charge on any atom is -0.345 e. The molecule has 2 aromatic carbocycles. The molecule has 1 N–H and O–H groups in total. The highest BCUT2D eigenvalue weighted by atomic mass is 16.1. The third kappa shape index (κ3) is 3.38. The molecule has 0 spiro atoms. The molecule has 1 aliphatic carbocycles. The lowest BCUT2D eigenvalue weighted by molar-refractivity contribution is -0.125. The predicted molar refractivity (Wildman–Crippen MR) is 89.6 cm³/mol. The lowest BCUT2D eigenvalue weighted by Crippen LogP contribution is -2.33. The Balaban J connectivity index is 1.86. The molecule has 0 bridgehead atoms. The van der Waals surface area contributed by atoms with Gasteiger partial charge in [-0.25, -0.2) is 0 Å². The van der Waals surface area contributed by atoms with Crippen LogP contribution >= 0.6 is 0 Å². The van der Waals surface area contributed by atoms with Crippen molar-refractivity contribution < 1.29 is 4.79 Å². The lowest BCUT2D eigenvalue weighted by atomic mass is 9.96. The summed E-state index contributed by atoms with van der Waals surface area (Å²) < 4.78 is 0. The number of hydrogen-bond acceptors (Lipinski definition) is 1. The number of amides is 1. The van der Waals surface area contributed by atoms with Crippen LogP contribution in [0.1, 0.15) is 48.4 Å². The third-order valence-corrected chi connectivity index (χ3v) is 4.56. The topological polar surface area (TPSA) is 29.1 Å². The minimum absolute atomic E-state index is 0.0603. The summed E-state index contributed by atoms with van der Waals surface area (Å²) in [5.74, 6) is 0.392. The van der Waals surface area contributed by atoms with Crippen LogP contribution in [-0.4, -0.2) is 5.91 Å². The second-order valence-electron chi connectivity index (χ2n) is 6.24. The Hall–Kier alpha value is -2.09. The van der Waals surface area contributed by atoms with Crippen LogP contribution in [0.5, 0.6) is 0 Å². The van der Waals surface area contributed by atoms with Crippen molar-refractivity contribution in [3.63, 3.8) is 0 Å². The molecular weight excluding hydrogens is 270 g/mol. The Kier molecular flexibility index (Phi) is 4.57. The predicted octanol–water partition coefficient (Wildman–Crippen LogP) is 4.39. The summed E-state index contributed by atoms with van der Waals surface area (Å²) in [5, 5.41) is 3.27. The van der Waals surface area contributed by atoms with E-state index < -0.39 is 0 Å². The van der Waals surface area contributed by atoms with Crippen molar-refractivity contribution in [3.8, 4) is 0 Å². The number of nitrogens with one attached hydrogen (secondary N) is 1. The van der Waals surface area contributed by atoms with E-state index in [0.717, 1.165) is 24.0 Å². The number of rotatable bonds is 4. The fraction of sp³-hybridized carbons (Fsp3) is 0.350. The van der Waals surface area contributed by atoms with Crippen molar-refractivity contribution in [1.29, 1.82) is 0 Å². The maximum atomic E-state index is 12.6. The van der Waals surface area contributed by atoms with Gasteiger partial charge in [0.15, 0.2) is 0 Å². The van der Waals surface area contributed by atoms with Crippen molar-refractivity contribution >= 4 is 5.91 Å². The SMILES string of the molecule is Cc1ccc([C@@H](NC(=O)C2CCCC2)c2ccccc2)cc1. The van der Waals surface area contributed by atoms with Gasteiger partial charge in [-0.1, -0.05) is 73.0 Å². The van der Waals surface area contributed by atoms with Gasteiger partial charge in [-0.05, 0) is 30.9 Å². The first kappa shape index (κ1) is 14.8. The Bertz CT molecular complexity index is 612. The van der Waals surface area contributed by atoms with E-state index >= 15 is 0 Å². The van der Waals surface area contributed by atoms with Crippen LogP contribution < -0.4 is 5.32 Å². The van der Waals surface area contributed by atoms with E-state index in [4.69, 9.17) is 0 Å². The Morgan fingerprint density at radius 3 is 2.18 bits per heavy atom. The van der Waals surface area contributed by atoms with Crippen LogP contribution in [0.15, 0.2) is 54.6 Å². The fourth-order valence-corrected chi connectivity index (χ4v) is 3.21. The molecule has 1 aliphatic rings. The number of aryl methyl sites for hydroxylation is 1. The molecule has 1 atom stereocenters. The number of benzene rings is 2. The summed E-state index contributed by atoms with van der Waals surface area (Å²) in [5.41, 5.74) is 3.51. The third-order valence-electron chi connectivity index (χ3n) is 4.56. The summed E-state index contributed by atoms with van der Waals surface area (Å²) >= 11 is 0. The Morgan fingerprint density at radius 2 is 1.55 bits per heavy atom. The summed E-state index contributed by atoms with van der Waals surface area (Å²) in [7, 11) is 0. The van der Waals surface area contributed by atoms with Crippen molar-refractivity contribution in [3.05, 3.63) is 71.3 Å². The molecule has 1 amide bonds. The standard InChI is InChI=1S/C20H23NO/c1-15-11-13-17(14-12-15)19(16-7-3-2-4-8-16)21-20(22)18-9-5-6-10-18/h2-4,7-8,11-14,18-19H,5-6,9-10H2,1H3,(H,21,22)/t19-/m0/s1. The normalized spacial score (nSPS) is 16.4. The van der Waals surface area contributed by atoms with Gasteiger partial charge in [0.25, 0.3) is 0 Å². The van der Waals surface area contributed by atoms with Crippen molar-refractivity contribution in [2.75, 3.05) is 0 Å².